The average molecular weight is 641 g/mol. The molecule has 0 aliphatic carbocycles. The predicted octanol–water partition coefficient (Wildman–Crippen LogP) is 11.5. The lowest BCUT2D eigenvalue weighted by Gasteiger charge is -2.15. The normalized spacial score (nSPS) is 11.6. The lowest BCUT2D eigenvalue weighted by Crippen LogP contribution is -2.00. The largest absolute Gasteiger partial charge is 0.456 e. The van der Waals surface area contributed by atoms with Crippen LogP contribution in [0.2, 0.25) is 0 Å². The van der Waals surface area contributed by atoms with Crippen LogP contribution in [-0.4, -0.2) is 19.5 Å². The molecule has 0 aliphatic rings. The van der Waals surface area contributed by atoms with E-state index in [1.165, 1.54) is 10.8 Å². The van der Waals surface area contributed by atoms with Gasteiger partial charge in [-0.15, -0.1) is 0 Å². The summed E-state index contributed by atoms with van der Waals surface area (Å²) in [7, 11) is 0. The Bertz CT molecular complexity index is 2760. The molecule has 50 heavy (non-hydrogen) atoms. The fraction of sp³-hybridized carbons (Fsp3) is 0. The van der Waals surface area contributed by atoms with Crippen molar-refractivity contribution in [1.82, 2.24) is 19.5 Å². The molecule has 0 fully saturated rings. The van der Waals surface area contributed by atoms with E-state index in [2.05, 4.69) is 95.6 Å². The lowest BCUT2D eigenvalue weighted by molar-refractivity contribution is 0.669. The third kappa shape index (κ3) is 4.45. The van der Waals surface area contributed by atoms with E-state index in [9.17, 15) is 0 Å². The van der Waals surface area contributed by atoms with Crippen molar-refractivity contribution in [1.29, 1.82) is 0 Å². The summed E-state index contributed by atoms with van der Waals surface area (Å²) in [6, 6.07) is 58.5. The van der Waals surface area contributed by atoms with Gasteiger partial charge in [-0.25, -0.2) is 15.0 Å². The van der Waals surface area contributed by atoms with Gasteiger partial charge in [0, 0.05) is 43.8 Å². The van der Waals surface area contributed by atoms with Crippen molar-refractivity contribution in [3.05, 3.63) is 170 Å². The topological polar surface area (TPSA) is 56.7 Å². The average Bonchev–Trinajstić information content (AvgIpc) is 3.75. The maximum absolute atomic E-state index is 6.60. The molecule has 3 aromatic heterocycles. The molecule has 0 N–H and O–H groups in total. The molecule has 0 bridgehead atoms. The number of fused-ring (bicyclic) bond motifs is 6. The van der Waals surface area contributed by atoms with Gasteiger partial charge in [-0.2, -0.15) is 0 Å². The third-order valence-corrected chi connectivity index (χ3v) is 9.48. The van der Waals surface area contributed by atoms with Crippen molar-refractivity contribution >= 4 is 43.7 Å². The van der Waals surface area contributed by atoms with Gasteiger partial charge in [0.1, 0.15) is 11.2 Å². The molecule has 0 saturated carbocycles. The molecule has 0 atom stereocenters. The van der Waals surface area contributed by atoms with Crippen molar-refractivity contribution in [3.8, 4) is 51.0 Å². The molecule has 7 aromatic carbocycles. The van der Waals surface area contributed by atoms with E-state index in [-0.39, 0.29) is 0 Å². The van der Waals surface area contributed by atoms with Crippen LogP contribution in [0, 0.1) is 0 Å². The number of rotatable bonds is 5. The van der Waals surface area contributed by atoms with E-state index in [1.54, 1.807) is 0 Å². The Kier molecular flexibility index (Phi) is 6.42. The fourth-order valence-corrected chi connectivity index (χ4v) is 7.28. The van der Waals surface area contributed by atoms with Crippen LogP contribution in [0.4, 0.5) is 0 Å². The molecule has 5 heteroatoms. The van der Waals surface area contributed by atoms with Crippen molar-refractivity contribution in [3.63, 3.8) is 0 Å². The van der Waals surface area contributed by atoms with Crippen LogP contribution in [0.25, 0.3) is 94.7 Å². The van der Waals surface area contributed by atoms with Crippen LogP contribution in [0.1, 0.15) is 0 Å². The monoisotopic (exact) mass is 640 g/mol. The highest BCUT2D eigenvalue weighted by atomic mass is 16.3. The first kappa shape index (κ1) is 28.2. The van der Waals surface area contributed by atoms with Crippen LogP contribution in [0.3, 0.4) is 0 Å². The maximum atomic E-state index is 6.60. The fourth-order valence-electron chi connectivity index (χ4n) is 7.28. The summed E-state index contributed by atoms with van der Waals surface area (Å²) < 4.78 is 8.98. The molecule has 3 heterocycles. The zero-order valence-corrected chi connectivity index (χ0v) is 26.9. The van der Waals surface area contributed by atoms with E-state index >= 15 is 0 Å². The smallest absolute Gasteiger partial charge is 0.164 e. The van der Waals surface area contributed by atoms with E-state index in [1.807, 2.05) is 78.9 Å². The number of furan rings is 1. The molecular weight excluding hydrogens is 613 g/mol. The first-order valence-corrected chi connectivity index (χ1v) is 16.7. The molecule has 0 saturated heterocycles. The van der Waals surface area contributed by atoms with Gasteiger partial charge in [-0.1, -0.05) is 140 Å². The number of nitrogens with zero attached hydrogens (tertiary/aromatic N) is 4. The first-order chi connectivity index (χ1) is 24.8. The summed E-state index contributed by atoms with van der Waals surface area (Å²) in [6.45, 7) is 0. The van der Waals surface area contributed by atoms with Gasteiger partial charge >= 0.3 is 0 Å². The number of para-hydroxylation sites is 3. The zero-order valence-electron chi connectivity index (χ0n) is 26.9. The summed E-state index contributed by atoms with van der Waals surface area (Å²) in [6.07, 6.45) is 0. The van der Waals surface area contributed by atoms with E-state index < -0.39 is 0 Å². The Morgan fingerprint density at radius 2 is 0.820 bits per heavy atom. The minimum absolute atomic E-state index is 0.594. The second-order valence-corrected chi connectivity index (χ2v) is 12.4. The van der Waals surface area contributed by atoms with Crippen molar-refractivity contribution < 1.29 is 4.42 Å². The zero-order chi connectivity index (χ0) is 33.0. The van der Waals surface area contributed by atoms with Gasteiger partial charge in [0.15, 0.2) is 17.5 Å². The second kappa shape index (κ2) is 11.4. The quantitative estimate of drug-likeness (QED) is 0.188. The highest BCUT2D eigenvalue weighted by molar-refractivity contribution is 6.18. The van der Waals surface area contributed by atoms with Crippen molar-refractivity contribution in [2.45, 2.75) is 0 Å². The molecule has 234 valence electrons. The minimum Gasteiger partial charge on any atom is -0.456 e. The SMILES string of the molecule is c1ccc(-c2nc(-c3ccccc3)nc(-c3cccc4oc5cccc(-c6ccccc6-n6c7ccccc7c7ccccc76)c5c34)n2)cc1. The summed E-state index contributed by atoms with van der Waals surface area (Å²) in [5.74, 6) is 1.84. The van der Waals surface area contributed by atoms with Gasteiger partial charge in [-0.05, 0) is 35.9 Å². The molecule has 0 aliphatic heterocycles. The number of hydrogen-bond donors (Lipinski definition) is 0. The minimum atomic E-state index is 0.594. The Labute approximate surface area is 287 Å². The second-order valence-electron chi connectivity index (χ2n) is 12.4. The molecular formula is C45H28N4O. The number of hydrogen-bond acceptors (Lipinski definition) is 4. The lowest BCUT2D eigenvalue weighted by atomic mass is 9.95. The Balaban J connectivity index is 1.26. The van der Waals surface area contributed by atoms with Gasteiger partial charge in [0.05, 0.1) is 16.7 Å². The van der Waals surface area contributed by atoms with E-state index in [0.717, 1.165) is 66.5 Å². The predicted molar refractivity (Wildman–Crippen MR) is 203 cm³/mol. The highest BCUT2D eigenvalue weighted by Gasteiger charge is 2.22. The first-order valence-electron chi connectivity index (χ1n) is 16.7. The van der Waals surface area contributed by atoms with Gasteiger partial charge in [0.2, 0.25) is 0 Å². The highest BCUT2D eigenvalue weighted by Crippen LogP contribution is 2.44. The Morgan fingerprint density at radius 3 is 1.44 bits per heavy atom. The molecule has 0 spiro atoms. The van der Waals surface area contributed by atoms with Crippen LogP contribution in [-0.2, 0) is 0 Å². The van der Waals surface area contributed by atoms with E-state index in [0.29, 0.717) is 17.5 Å². The Morgan fingerprint density at radius 1 is 0.360 bits per heavy atom. The number of benzene rings is 7. The summed E-state index contributed by atoms with van der Waals surface area (Å²) >= 11 is 0. The summed E-state index contributed by atoms with van der Waals surface area (Å²) in [4.78, 5) is 15.1. The van der Waals surface area contributed by atoms with Crippen LogP contribution in [0.5, 0.6) is 0 Å². The standard InChI is InChI=1S/C45H28N4O/c1-3-15-29(16-4-1)43-46-44(30-17-5-2-6-18-30)48-45(47-43)35-23-14-28-40-42(35)41-34(22-13-27-39(41)50-40)33-21-9-12-26-38(33)49-36-24-10-7-19-31(36)32-20-8-11-25-37(32)49/h1-28H. The van der Waals surface area contributed by atoms with Crippen molar-refractivity contribution in [2.75, 3.05) is 0 Å². The van der Waals surface area contributed by atoms with E-state index in [4.69, 9.17) is 19.4 Å². The molecule has 0 amide bonds. The summed E-state index contributed by atoms with van der Waals surface area (Å²) in [5.41, 5.74) is 9.94. The van der Waals surface area contributed by atoms with Gasteiger partial charge in [0.25, 0.3) is 0 Å². The molecule has 10 rings (SSSR count). The molecule has 10 aromatic rings. The van der Waals surface area contributed by atoms with Crippen molar-refractivity contribution in [2.24, 2.45) is 0 Å². The van der Waals surface area contributed by atoms with Crippen LogP contribution < -0.4 is 0 Å². The molecule has 5 nitrogen and oxygen atoms in total. The van der Waals surface area contributed by atoms with Gasteiger partial charge in [-0.3, -0.25) is 0 Å². The maximum Gasteiger partial charge on any atom is 0.164 e. The molecule has 0 radical (unpaired) electrons. The third-order valence-electron chi connectivity index (χ3n) is 9.48. The molecule has 0 unspecified atom stereocenters. The summed E-state index contributed by atoms with van der Waals surface area (Å²) in [5, 5.41) is 4.45. The van der Waals surface area contributed by atoms with Crippen LogP contribution in [0.15, 0.2) is 174 Å². The Hall–Kier alpha value is -6.85. The number of aromatic nitrogens is 4. The van der Waals surface area contributed by atoms with Crippen LogP contribution >= 0.6 is 0 Å². The van der Waals surface area contributed by atoms with Gasteiger partial charge < -0.3 is 8.98 Å².